The van der Waals surface area contributed by atoms with Gasteiger partial charge in [0.1, 0.15) is 5.75 Å². The smallest absolute Gasteiger partial charge is 0.276 e. The number of carbonyl (C=O) groups excluding carboxylic acids is 1. The maximum atomic E-state index is 12.3. The standard InChI is InChI=1S/C16H19ClN4O2.ClH/c1-23-15-5-4-11(9-13(15)17)19-16(22)14-6-8-21(20-14)12-3-2-7-18-10-12;/h4-6,8-9,12,18H,2-3,7,10H2,1H3,(H,19,22);1H. The van der Waals surface area contributed by atoms with E-state index in [0.29, 0.717) is 28.2 Å². The van der Waals surface area contributed by atoms with E-state index in [1.807, 2.05) is 10.9 Å². The SMILES string of the molecule is COc1ccc(NC(=O)c2ccn(C3CCCNC3)n2)cc1Cl.Cl. The average Bonchev–Trinajstić information content (AvgIpc) is 3.06. The summed E-state index contributed by atoms with van der Waals surface area (Å²) in [7, 11) is 1.55. The Kier molecular flexibility index (Phi) is 6.48. The number of piperidine rings is 1. The van der Waals surface area contributed by atoms with E-state index in [1.165, 1.54) is 0 Å². The number of halogens is 2. The highest BCUT2D eigenvalue weighted by molar-refractivity contribution is 6.32. The molecule has 1 saturated heterocycles. The van der Waals surface area contributed by atoms with Crippen LogP contribution in [0.3, 0.4) is 0 Å². The summed E-state index contributed by atoms with van der Waals surface area (Å²) >= 11 is 6.06. The summed E-state index contributed by atoms with van der Waals surface area (Å²) in [4.78, 5) is 12.3. The third-order valence-corrected chi connectivity index (χ3v) is 4.19. The second kappa shape index (κ2) is 8.37. The number of nitrogens with one attached hydrogen (secondary N) is 2. The molecule has 24 heavy (non-hydrogen) atoms. The highest BCUT2D eigenvalue weighted by Gasteiger charge is 2.18. The van der Waals surface area contributed by atoms with Crippen LogP contribution in [0.4, 0.5) is 5.69 Å². The van der Waals surface area contributed by atoms with Crippen molar-refractivity contribution < 1.29 is 9.53 Å². The largest absolute Gasteiger partial charge is 0.495 e. The zero-order valence-corrected chi connectivity index (χ0v) is 14.9. The van der Waals surface area contributed by atoms with Crippen molar-refractivity contribution >= 4 is 35.6 Å². The number of rotatable bonds is 4. The zero-order valence-electron chi connectivity index (χ0n) is 13.3. The van der Waals surface area contributed by atoms with Gasteiger partial charge in [-0.05, 0) is 43.7 Å². The van der Waals surface area contributed by atoms with Gasteiger partial charge in [-0.25, -0.2) is 0 Å². The van der Waals surface area contributed by atoms with Gasteiger partial charge in [0.2, 0.25) is 0 Å². The topological polar surface area (TPSA) is 68.2 Å². The highest BCUT2D eigenvalue weighted by Crippen LogP contribution is 2.27. The Morgan fingerprint density at radius 2 is 2.29 bits per heavy atom. The van der Waals surface area contributed by atoms with Crippen molar-refractivity contribution in [1.29, 1.82) is 0 Å². The van der Waals surface area contributed by atoms with Crippen molar-refractivity contribution in [1.82, 2.24) is 15.1 Å². The Morgan fingerprint density at radius 1 is 1.46 bits per heavy atom. The van der Waals surface area contributed by atoms with E-state index in [1.54, 1.807) is 31.4 Å². The lowest BCUT2D eigenvalue weighted by Gasteiger charge is -2.22. The zero-order chi connectivity index (χ0) is 16.2. The van der Waals surface area contributed by atoms with Crippen molar-refractivity contribution in [3.05, 3.63) is 41.2 Å². The fraction of sp³-hybridized carbons (Fsp3) is 0.375. The highest BCUT2D eigenvalue weighted by atomic mass is 35.5. The minimum atomic E-state index is -0.256. The van der Waals surface area contributed by atoms with Gasteiger partial charge in [-0.3, -0.25) is 9.48 Å². The van der Waals surface area contributed by atoms with Crippen LogP contribution in [0.2, 0.25) is 5.02 Å². The van der Waals surface area contributed by atoms with Crippen LogP contribution in [0.15, 0.2) is 30.5 Å². The van der Waals surface area contributed by atoms with Crippen LogP contribution >= 0.6 is 24.0 Å². The average molecular weight is 371 g/mol. The van der Waals surface area contributed by atoms with Crippen LogP contribution < -0.4 is 15.4 Å². The molecule has 3 rings (SSSR count). The Morgan fingerprint density at radius 3 is 2.96 bits per heavy atom. The van der Waals surface area contributed by atoms with E-state index >= 15 is 0 Å². The molecule has 1 aromatic heterocycles. The van der Waals surface area contributed by atoms with Crippen molar-refractivity contribution in [2.45, 2.75) is 18.9 Å². The number of benzene rings is 1. The van der Waals surface area contributed by atoms with Crippen LogP contribution in [-0.4, -0.2) is 35.9 Å². The second-order valence-corrected chi connectivity index (χ2v) is 5.89. The lowest BCUT2D eigenvalue weighted by atomic mass is 10.1. The van der Waals surface area contributed by atoms with Crippen molar-refractivity contribution in [3.8, 4) is 5.75 Å². The maximum Gasteiger partial charge on any atom is 0.276 e. The molecule has 130 valence electrons. The van der Waals surface area contributed by atoms with Gasteiger partial charge >= 0.3 is 0 Å². The van der Waals surface area contributed by atoms with E-state index in [-0.39, 0.29) is 18.3 Å². The first-order valence-electron chi connectivity index (χ1n) is 7.58. The summed E-state index contributed by atoms with van der Waals surface area (Å²) in [6.45, 7) is 1.93. The van der Waals surface area contributed by atoms with Gasteiger partial charge < -0.3 is 15.4 Å². The van der Waals surface area contributed by atoms with Crippen LogP contribution in [0.1, 0.15) is 29.4 Å². The number of hydrogen-bond donors (Lipinski definition) is 2. The van der Waals surface area contributed by atoms with Crippen molar-refractivity contribution in [3.63, 3.8) is 0 Å². The first-order valence-corrected chi connectivity index (χ1v) is 7.96. The molecular formula is C16H20Cl2N4O2. The summed E-state index contributed by atoms with van der Waals surface area (Å²) in [6.07, 6.45) is 4.05. The first kappa shape index (κ1) is 18.6. The van der Waals surface area contributed by atoms with Gasteiger partial charge in [0, 0.05) is 18.4 Å². The van der Waals surface area contributed by atoms with Crippen molar-refractivity contribution in [2.24, 2.45) is 0 Å². The van der Waals surface area contributed by atoms with E-state index in [2.05, 4.69) is 15.7 Å². The van der Waals surface area contributed by atoms with Gasteiger partial charge in [-0.15, -0.1) is 12.4 Å². The number of amides is 1. The fourth-order valence-electron chi connectivity index (χ4n) is 2.66. The minimum absolute atomic E-state index is 0. The Hall–Kier alpha value is -1.76. The van der Waals surface area contributed by atoms with E-state index in [9.17, 15) is 4.79 Å². The molecule has 2 heterocycles. The molecule has 0 aliphatic carbocycles. The summed E-state index contributed by atoms with van der Waals surface area (Å²) in [5.74, 6) is 0.312. The van der Waals surface area contributed by atoms with Gasteiger partial charge in [-0.1, -0.05) is 11.6 Å². The molecule has 2 aromatic rings. The summed E-state index contributed by atoms with van der Waals surface area (Å²) in [5, 5.41) is 11.0. The van der Waals surface area contributed by atoms with Crippen LogP contribution in [-0.2, 0) is 0 Å². The number of nitrogens with zero attached hydrogens (tertiary/aromatic N) is 2. The molecule has 8 heteroatoms. The van der Waals surface area contributed by atoms with Gasteiger partial charge in [0.05, 0.1) is 18.2 Å². The number of ether oxygens (including phenoxy) is 1. The monoisotopic (exact) mass is 370 g/mol. The quantitative estimate of drug-likeness (QED) is 0.867. The molecule has 0 saturated carbocycles. The second-order valence-electron chi connectivity index (χ2n) is 5.48. The van der Waals surface area contributed by atoms with Crippen LogP contribution in [0, 0.1) is 0 Å². The first-order chi connectivity index (χ1) is 11.2. The maximum absolute atomic E-state index is 12.3. The molecule has 1 unspecified atom stereocenters. The molecule has 1 aromatic carbocycles. The van der Waals surface area contributed by atoms with Crippen molar-refractivity contribution in [2.75, 3.05) is 25.5 Å². The van der Waals surface area contributed by atoms with Crippen LogP contribution in [0.5, 0.6) is 5.75 Å². The number of carbonyl (C=O) groups is 1. The molecule has 2 N–H and O–H groups in total. The molecular weight excluding hydrogens is 351 g/mol. The molecule has 1 amide bonds. The molecule has 1 aliphatic rings. The Labute approximate surface area is 151 Å². The lowest BCUT2D eigenvalue weighted by molar-refractivity contribution is 0.102. The van der Waals surface area contributed by atoms with Gasteiger partial charge in [0.15, 0.2) is 5.69 Å². The number of methoxy groups -OCH3 is 1. The molecule has 0 radical (unpaired) electrons. The third-order valence-electron chi connectivity index (χ3n) is 3.90. The normalized spacial score (nSPS) is 17.0. The summed E-state index contributed by atoms with van der Waals surface area (Å²) in [5.41, 5.74) is 0.997. The number of hydrogen-bond acceptors (Lipinski definition) is 4. The van der Waals surface area contributed by atoms with E-state index in [0.717, 1.165) is 25.9 Å². The van der Waals surface area contributed by atoms with E-state index in [4.69, 9.17) is 16.3 Å². The molecule has 1 fully saturated rings. The van der Waals surface area contributed by atoms with Crippen LogP contribution in [0.25, 0.3) is 0 Å². The Balaban J connectivity index is 0.00000208. The fourth-order valence-corrected chi connectivity index (χ4v) is 2.92. The summed E-state index contributed by atoms with van der Waals surface area (Å²) in [6, 6.07) is 7.14. The number of aromatic nitrogens is 2. The molecule has 0 bridgehead atoms. The molecule has 1 aliphatic heterocycles. The summed E-state index contributed by atoms with van der Waals surface area (Å²) < 4.78 is 6.96. The molecule has 0 spiro atoms. The molecule has 6 nitrogen and oxygen atoms in total. The predicted molar refractivity (Wildman–Crippen MR) is 96.6 cm³/mol. The van der Waals surface area contributed by atoms with Gasteiger partial charge in [0.25, 0.3) is 5.91 Å². The molecule has 1 atom stereocenters. The Bertz CT molecular complexity index is 699. The predicted octanol–water partition coefficient (Wildman–Crippen LogP) is 3.14. The third kappa shape index (κ3) is 4.20. The van der Waals surface area contributed by atoms with Gasteiger partial charge in [-0.2, -0.15) is 5.10 Å². The minimum Gasteiger partial charge on any atom is -0.495 e. The lowest BCUT2D eigenvalue weighted by Crippen LogP contribution is -2.32. The van der Waals surface area contributed by atoms with E-state index < -0.39 is 0 Å². The number of anilines is 1.